The van der Waals surface area contributed by atoms with Crippen LogP contribution in [0.25, 0.3) is 0 Å². The number of hydrogen-bond donors (Lipinski definition) is 2. The molecule has 3 N–H and O–H groups in total. The number of amides is 1. The molecule has 1 saturated carbocycles. The van der Waals surface area contributed by atoms with Crippen LogP contribution in [0.2, 0.25) is 0 Å². The van der Waals surface area contributed by atoms with E-state index in [-0.39, 0.29) is 17.6 Å². The van der Waals surface area contributed by atoms with Crippen LogP contribution in [0.5, 0.6) is 0 Å². The first-order valence-electron chi connectivity index (χ1n) is 6.60. The van der Waals surface area contributed by atoms with Crippen LogP contribution in [0.1, 0.15) is 41.6 Å². The van der Waals surface area contributed by atoms with Gasteiger partial charge in [-0.3, -0.25) is 4.79 Å². The average molecular weight is 286 g/mol. The second-order valence-corrected chi connectivity index (χ2v) is 5.16. The first-order chi connectivity index (χ1) is 9.36. The Balaban J connectivity index is 2.02. The van der Waals surface area contributed by atoms with Crippen molar-refractivity contribution in [3.05, 3.63) is 35.4 Å². The number of halogens is 3. The normalized spacial score (nSPS) is 23.4. The summed E-state index contributed by atoms with van der Waals surface area (Å²) >= 11 is 0. The minimum Gasteiger partial charge on any atom is -0.349 e. The Labute approximate surface area is 115 Å². The molecule has 0 unspecified atom stereocenters. The van der Waals surface area contributed by atoms with Gasteiger partial charge in [0.25, 0.3) is 5.91 Å². The van der Waals surface area contributed by atoms with Crippen molar-refractivity contribution in [2.75, 3.05) is 0 Å². The molecule has 3 nitrogen and oxygen atoms in total. The summed E-state index contributed by atoms with van der Waals surface area (Å²) in [6.45, 7) is 0. The zero-order valence-corrected chi connectivity index (χ0v) is 10.9. The predicted molar refractivity (Wildman–Crippen MR) is 69.1 cm³/mol. The van der Waals surface area contributed by atoms with Crippen LogP contribution in [0.4, 0.5) is 13.2 Å². The molecule has 1 fully saturated rings. The Morgan fingerprint density at radius 1 is 1.20 bits per heavy atom. The molecule has 20 heavy (non-hydrogen) atoms. The Morgan fingerprint density at radius 3 is 2.45 bits per heavy atom. The fourth-order valence-corrected chi connectivity index (χ4v) is 2.37. The van der Waals surface area contributed by atoms with Crippen LogP contribution in [-0.2, 0) is 6.18 Å². The summed E-state index contributed by atoms with van der Waals surface area (Å²) in [5.74, 6) is -0.462. The number of nitrogens with one attached hydrogen (secondary N) is 1. The highest BCUT2D eigenvalue weighted by atomic mass is 19.4. The van der Waals surface area contributed by atoms with Crippen LogP contribution in [0, 0.1) is 0 Å². The summed E-state index contributed by atoms with van der Waals surface area (Å²) in [4.78, 5) is 12.0. The van der Waals surface area contributed by atoms with E-state index >= 15 is 0 Å². The molecule has 110 valence electrons. The summed E-state index contributed by atoms with van der Waals surface area (Å²) in [6.07, 6.45) is -1.24. The average Bonchev–Trinajstić information content (AvgIpc) is 2.40. The highest BCUT2D eigenvalue weighted by Gasteiger charge is 2.31. The van der Waals surface area contributed by atoms with Crippen molar-refractivity contribution >= 4 is 5.91 Å². The Bertz CT molecular complexity index is 480. The van der Waals surface area contributed by atoms with Gasteiger partial charge in [-0.15, -0.1) is 0 Å². The lowest BCUT2D eigenvalue weighted by molar-refractivity contribution is -0.137. The third kappa shape index (κ3) is 3.72. The molecule has 0 aromatic heterocycles. The molecular formula is C14H17F3N2O. The van der Waals surface area contributed by atoms with Crippen LogP contribution in [0.3, 0.4) is 0 Å². The van der Waals surface area contributed by atoms with Crippen LogP contribution in [0.15, 0.2) is 24.3 Å². The Morgan fingerprint density at radius 2 is 1.85 bits per heavy atom. The third-order valence-corrected chi connectivity index (χ3v) is 3.56. The molecule has 1 aromatic carbocycles. The molecule has 1 amide bonds. The van der Waals surface area contributed by atoms with Gasteiger partial charge in [-0.25, -0.2) is 0 Å². The molecule has 0 aliphatic heterocycles. The van der Waals surface area contributed by atoms with Gasteiger partial charge in [0, 0.05) is 17.6 Å². The van der Waals surface area contributed by atoms with Crippen LogP contribution in [-0.4, -0.2) is 18.0 Å². The quantitative estimate of drug-likeness (QED) is 0.878. The van der Waals surface area contributed by atoms with Gasteiger partial charge in [-0.1, -0.05) is 6.07 Å². The molecule has 6 heteroatoms. The maximum Gasteiger partial charge on any atom is 0.416 e. The number of nitrogens with two attached hydrogens (primary N) is 1. The molecule has 0 spiro atoms. The van der Waals surface area contributed by atoms with Crippen molar-refractivity contribution in [2.24, 2.45) is 5.73 Å². The fraction of sp³-hybridized carbons (Fsp3) is 0.500. The van der Waals surface area contributed by atoms with Crippen LogP contribution >= 0.6 is 0 Å². The van der Waals surface area contributed by atoms with Crippen molar-refractivity contribution in [1.29, 1.82) is 0 Å². The van der Waals surface area contributed by atoms with Crippen molar-refractivity contribution < 1.29 is 18.0 Å². The minimum atomic E-state index is -4.44. The summed E-state index contributed by atoms with van der Waals surface area (Å²) in [5, 5.41) is 2.77. The number of benzene rings is 1. The maximum atomic E-state index is 12.6. The zero-order chi connectivity index (χ0) is 14.8. The maximum absolute atomic E-state index is 12.6. The van der Waals surface area contributed by atoms with E-state index in [0.717, 1.165) is 37.8 Å². The topological polar surface area (TPSA) is 55.1 Å². The Kier molecular flexibility index (Phi) is 4.32. The van der Waals surface area contributed by atoms with E-state index in [1.165, 1.54) is 12.1 Å². The van der Waals surface area contributed by atoms with Gasteiger partial charge >= 0.3 is 6.18 Å². The second kappa shape index (κ2) is 5.83. The number of carbonyl (C=O) groups excluding carboxylic acids is 1. The summed E-state index contributed by atoms with van der Waals surface area (Å²) in [7, 11) is 0. The van der Waals surface area contributed by atoms with Crippen LogP contribution < -0.4 is 11.1 Å². The third-order valence-electron chi connectivity index (χ3n) is 3.56. The van der Waals surface area contributed by atoms with Gasteiger partial charge in [-0.05, 0) is 43.9 Å². The van der Waals surface area contributed by atoms with Crippen molar-refractivity contribution in [1.82, 2.24) is 5.32 Å². The number of alkyl halides is 3. The molecule has 1 aromatic rings. The highest BCUT2D eigenvalue weighted by molar-refractivity contribution is 5.94. The van der Waals surface area contributed by atoms with Gasteiger partial charge in [0.15, 0.2) is 0 Å². The van der Waals surface area contributed by atoms with E-state index in [2.05, 4.69) is 5.32 Å². The van der Waals surface area contributed by atoms with Gasteiger partial charge in [0.1, 0.15) is 0 Å². The molecular weight excluding hydrogens is 269 g/mol. The standard InChI is InChI=1S/C14H17F3N2O/c15-14(16,17)10-3-1-2-9(8-10)13(20)19-12-6-4-11(18)5-7-12/h1-3,8,11-12H,4-7,18H2,(H,19,20). The molecule has 2 rings (SSSR count). The first-order valence-corrected chi connectivity index (χ1v) is 6.60. The minimum absolute atomic E-state index is 0.00292. The molecule has 0 bridgehead atoms. The lowest BCUT2D eigenvalue weighted by atomic mass is 9.91. The van der Waals surface area contributed by atoms with E-state index in [9.17, 15) is 18.0 Å². The summed E-state index contributed by atoms with van der Waals surface area (Å²) in [6, 6.07) is 4.63. The van der Waals surface area contributed by atoms with E-state index in [1.54, 1.807) is 0 Å². The predicted octanol–water partition coefficient (Wildman–Crippen LogP) is 2.71. The molecule has 1 aliphatic carbocycles. The van der Waals surface area contributed by atoms with Gasteiger partial charge in [-0.2, -0.15) is 13.2 Å². The van der Waals surface area contributed by atoms with E-state index in [1.807, 2.05) is 0 Å². The SMILES string of the molecule is NC1CCC(NC(=O)c2cccc(C(F)(F)F)c2)CC1. The number of rotatable bonds is 2. The molecule has 1 aliphatic rings. The van der Waals surface area contributed by atoms with Gasteiger partial charge in [0.05, 0.1) is 5.56 Å². The lowest BCUT2D eigenvalue weighted by Gasteiger charge is -2.26. The molecule has 0 atom stereocenters. The van der Waals surface area contributed by atoms with E-state index < -0.39 is 17.6 Å². The smallest absolute Gasteiger partial charge is 0.349 e. The van der Waals surface area contributed by atoms with E-state index in [4.69, 9.17) is 5.73 Å². The largest absolute Gasteiger partial charge is 0.416 e. The lowest BCUT2D eigenvalue weighted by Crippen LogP contribution is -2.40. The monoisotopic (exact) mass is 286 g/mol. The zero-order valence-electron chi connectivity index (χ0n) is 10.9. The van der Waals surface area contributed by atoms with Crippen molar-refractivity contribution in [3.63, 3.8) is 0 Å². The van der Waals surface area contributed by atoms with E-state index in [0.29, 0.717) is 0 Å². The molecule has 0 saturated heterocycles. The highest BCUT2D eigenvalue weighted by Crippen LogP contribution is 2.29. The van der Waals surface area contributed by atoms with Gasteiger partial charge in [0.2, 0.25) is 0 Å². The first kappa shape index (κ1) is 14.8. The second-order valence-electron chi connectivity index (χ2n) is 5.16. The summed E-state index contributed by atoms with van der Waals surface area (Å²) < 4.78 is 37.8. The Hall–Kier alpha value is -1.56. The number of hydrogen-bond acceptors (Lipinski definition) is 2. The molecule has 0 radical (unpaired) electrons. The number of carbonyl (C=O) groups is 1. The fourth-order valence-electron chi connectivity index (χ4n) is 2.37. The summed E-state index contributed by atoms with van der Waals surface area (Å²) in [5.41, 5.74) is 5.00. The molecule has 0 heterocycles. The van der Waals surface area contributed by atoms with Gasteiger partial charge < -0.3 is 11.1 Å². The van der Waals surface area contributed by atoms with Crippen molar-refractivity contribution in [2.45, 2.75) is 43.9 Å². The van der Waals surface area contributed by atoms with Crippen molar-refractivity contribution in [3.8, 4) is 0 Å².